The number of fused-ring (bicyclic) bond motifs is 2. The Labute approximate surface area is 401 Å². The summed E-state index contributed by atoms with van der Waals surface area (Å²) < 4.78 is 13.8. The SMILES string of the molecule is C=CC(=C)C(=C)/C(OC/C(=C\C)C(C)(C)CC)=C(\C=C/C)N(c1ccccc1)c1cc(C)c2c3c1/C=C\C/C(C)=C\C(N(c1ccccc1)c1cccc4c1OC/C=C\C=C/C4C)=C(\C=C2)C3. The van der Waals surface area contributed by atoms with Crippen molar-refractivity contribution in [1.82, 2.24) is 0 Å². The van der Waals surface area contributed by atoms with Gasteiger partial charge in [-0.3, -0.25) is 0 Å². The van der Waals surface area contributed by atoms with Crippen LogP contribution in [0.5, 0.6) is 5.75 Å². The monoisotopic (exact) mass is 885 g/mol. The number of benzene rings is 4. The smallest absolute Gasteiger partial charge is 0.150 e. The molecule has 1 heterocycles. The van der Waals surface area contributed by atoms with E-state index in [1.165, 1.54) is 33.4 Å². The first-order valence-electron chi connectivity index (χ1n) is 23.8. The van der Waals surface area contributed by atoms with Crippen molar-refractivity contribution in [3.8, 4) is 5.75 Å². The fourth-order valence-electron chi connectivity index (χ4n) is 9.10. The van der Waals surface area contributed by atoms with Gasteiger partial charge < -0.3 is 19.3 Å². The first-order chi connectivity index (χ1) is 32.4. The van der Waals surface area contributed by atoms with E-state index in [9.17, 15) is 0 Å². The van der Waals surface area contributed by atoms with E-state index in [0.29, 0.717) is 36.5 Å². The van der Waals surface area contributed by atoms with E-state index in [4.69, 9.17) is 9.47 Å². The third kappa shape index (κ3) is 10.3. The number of anilines is 4. The first kappa shape index (κ1) is 47.9. The molecule has 1 aliphatic heterocycles. The molecule has 2 bridgehead atoms. The third-order valence-corrected chi connectivity index (χ3v) is 13.4. The molecule has 0 saturated heterocycles. The van der Waals surface area contributed by atoms with E-state index in [1.807, 2.05) is 0 Å². The van der Waals surface area contributed by atoms with Crippen molar-refractivity contribution in [2.45, 2.75) is 80.6 Å². The van der Waals surface area contributed by atoms with Crippen molar-refractivity contribution in [2.24, 2.45) is 5.41 Å². The summed E-state index contributed by atoms with van der Waals surface area (Å²) in [6, 6.07) is 30.2. The third-order valence-electron chi connectivity index (χ3n) is 13.4. The van der Waals surface area contributed by atoms with E-state index in [-0.39, 0.29) is 11.3 Å². The van der Waals surface area contributed by atoms with Crippen LogP contribution < -0.4 is 14.5 Å². The van der Waals surface area contributed by atoms with Gasteiger partial charge in [0.05, 0.1) is 17.1 Å². The lowest BCUT2D eigenvalue weighted by Crippen LogP contribution is -2.23. The molecule has 0 fully saturated rings. The molecular weight excluding hydrogens is 817 g/mol. The first-order valence-corrected chi connectivity index (χ1v) is 23.8. The summed E-state index contributed by atoms with van der Waals surface area (Å²) in [5.41, 5.74) is 17.1. The van der Waals surface area contributed by atoms with Crippen molar-refractivity contribution < 1.29 is 9.47 Å². The highest BCUT2D eigenvalue weighted by atomic mass is 16.5. The van der Waals surface area contributed by atoms with Gasteiger partial charge in [0.15, 0.2) is 5.76 Å². The predicted octanol–water partition coefficient (Wildman–Crippen LogP) is 17.3. The summed E-state index contributed by atoms with van der Waals surface area (Å²) in [5.74, 6) is 1.70. The maximum absolute atomic E-state index is 7.06. The number of para-hydroxylation sites is 3. The molecule has 342 valence electrons. The number of rotatable bonds is 15. The van der Waals surface area contributed by atoms with Crippen LogP contribution in [-0.4, -0.2) is 13.2 Å². The Bertz CT molecular complexity index is 2800. The lowest BCUT2D eigenvalue weighted by atomic mass is 9.82. The second kappa shape index (κ2) is 21.5. The van der Waals surface area contributed by atoms with Crippen molar-refractivity contribution in [2.75, 3.05) is 23.0 Å². The van der Waals surface area contributed by atoms with Crippen molar-refractivity contribution in [3.05, 3.63) is 244 Å². The van der Waals surface area contributed by atoms with Crippen molar-refractivity contribution in [3.63, 3.8) is 0 Å². The summed E-state index contributed by atoms with van der Waals surface area (Å²) in [4.78, 5) is 4.76. The molecule has 67 heavy (non-hydrogen) atoms. The van der Waals surface area contributed by atoms with Gasteiger partial charge in [0.25, 0.3) is 0 Å². The largest absolute Gasteiger partial charge is 0.487 e. The molecule has 1 atom stereocenters. The summed E-state index contributed by atoms with van der Waals surface area (Å²) in [5, 5.41) is 0. The molecular formula is C63H68N2O2. The second-order valence-electron chi connectivity index (χ2n) is 18.2. The van der Waals surface area contributed by atoms with Crippen LogP contribution in [0.15, 0.2) is 217 Å². The molecule has 0 saturated carbocycles. The zero-order valence-electron chi connectivity index (χ0n) is 41.0. The van der Waals surface area contributed by atoms with Gasteiger partial charge in [-0.2, -0.15) is 0 Å². The molecule has 4 aromatic rings. The summed E-state index contributed by atoms with van der Waals surface area (Å²) in [7, 11) is 0. The van der Waals surface area contributed by atoms with Gasteiger partial charge in [0.1, 0.15) is 19.0 Å². The molecule has 2 aliphatic carbocycles. The Balaban J connectivity index is 1.50. The average Bonchev–Trinajstić information content (AvgIpc) is 3.43. The molecule has 0 amide bonds. The molecule has 3 aliphatic rings. The Morgan fingerprint density at radius 1 is 0.866 bits per heavy atom. The number of aryl methyl sites for hydroxylation is 1. The number of ether oxygens (including phenoxy) is 2. The van der Waals surface area contributed by atoms with Crippen molar-refractivity contribution in [1.29, 1.82) is 0 Å². The lowest BCUT2D eigenvalue weighted by Gasteiger charge is -2.35. The highest BCUT2D eigenvalue weighted by Crippen LogP contribution is 2.47. The average molecular weight is 885 g/mol. The molecule has 4 nitrogen and oxygen atoms in total. The standard InChI is InChI=1S/C63H68N2O2/c1-12-27-57(61(48(9)45(6)13-2)67-43-50(14-3)63(10,11)15-4)65(52-32-22-17-23-33-52)60-41-47(8)53-38-37-49-42-56(53)55(60)35-25-28-44(5)40-59(49)64(51-30-20-16-21-31-51)58-36-26-34-54-46(7)29-19-18-24-39-66-62(54)58/h12-14,16-27,29-38,40-41,46H,2,6,9,15,28,39,42-43H2,1,3-5,7-8,10-11H3/b24-18-,27-12-,29-19-,35-25-,44-40-,50-14+,59-49+,61-57-. The minimum absolute atomic E-state index is 0.0482. The van der Waals surface area contributed by atoms with Crippen LogP contribution in [0.2, 0.25) is 0 Å². The molecule has 4 aromatic carbocycles. The van der Waals surface area contributed by atoms with Crippen LogP contribution in [0, 0.1) is 12.3 Å². The van der Waals surface area contributed by atoms with E-state index < -0.39 is 0 Å². The van der Waals surface area contributed by atoms with Crippen LogP contribution in [-0.2, 0) is 11.2 Å². The minimum Gasteiger partial charge on any atom is -0.487 e. The lowest BCUT2D eigenvalue weighted by molar-refractivity contribution is 0.220. The molecule has 0 radical (unpaired) electrons. The van der Waals surface area contributed by atoms with Crippen LogP contribution in [0.4, 0.5) is 22.7 Å². The predicted molar refractivity (Wildman–Crippen MR) is 288 cm³/mol. The maximum Gasteiger partial charge on any atom is 0.150 e. The van der Waals surface area contributed by atoms with Gasteiger partial charge >= 0.3 is 0 Å². The van der Waals surface area contributed by atoms with Crippen molar-refractivity contribution >= 4 is 34.9 Å². The Hall–Kier alpha value is -7.04. The normalized spacial score (nSPS) is 19.5. The van der Waals surface area contributed by atoms with Crippen LogP contribution in [0.25, 0.3) is 12.2 Å². The summed E-state index contributed by atoms with van der Waals surface area (Å²) in [6.07, 6.45) is 30.8. The van der Waals surface area contributed by atoms with Gasteiger partial charge in [0, 0.05) is 46.1 Å². The van der Waals surface area contributed by atoms with Gasteiger partial charge in [-0.05, 0) is 134 Å². The molecule has 0 spiro atoms. The number of nitrogens with zero attached hydrogens (tertiary/aromatic N) is 2. The second-order valence-corrected chi connectivity index (χ2v) is 18.2. The van der Waals surface area contributed by atoms with Gasteiger partial charge in [-0.25, -0.2) is 0 Å². The van der Waals surface area contributed by atoms with Crippen LogP contribution >= 0.6 is 0 Å². The van der Waals surface area contributed by atoms with E-state index in [1.54, 1.807) is 6.08 Å². The number of hydrogen-bond donors (Lipinski definition) is 0. The van der Waals surface area contributed by atoms with Gasteiger partial charge in [-0.1, -0.05) is 162 Å². The number of allylic oxidation sites excluding steroid dienone is 13. The van der Waals surface area contributed by atoms with Crippen LogP contribution in [0.3, 0.4) is 0 Å². The summed E-state index contributed by atoms with van der Waals surface area (Å²) in [6.45, 7) is 31.6. The van der Waals surface area contributed by atoms with E-state index in [0.717, 1.165) is 63.9 Å². The molecule has 0 aromatic heterocycles. The Morgan fingerprint density at radius 3 is 2.28 bits per heavy atom. The van der Waals surface area contributed by atoms with E-state index >= 15 is 0 Å². The maximum atomic E-state index is 7.06. The van der Waals surface area contributed by atoms with Gasteiger partial charge in [-0.15, -0.1) is 0 Å². The molecule has 4 heteroatoms. The zero-order chi connectivity index (χ0) is 47.7. The highest BCUT2D eigenvalue weighted by molar-refractivity contribution is 5.86. The number of hydrogen-bond acceptors (Lipinski definition) is 4. The quantitative estimate of drug-likeness (QED) is 0.0675. The fourth-order valence-corrected chi connectivity index (χ4v) is 9.10. The van der Waals surface area contributed by atoms with Gasteiger partial charge in [0.2, 0.25) is 0 Å². The molecule has 7 rings (SSSR count). The van der Waals surface area contributed by atoms with Crippen LogP contribution in [0.1, 0.15) is 95.0 Å². The Kier molecular flexibility index (Phi) is 15.4. The Morgan fingerprint density at radius 2 is 1.60 bits per heavy atom. The minimum atomic E-state index is -0.0482. The topological polar surface area (TPSA) is 24.9 Å². The van der Waals surface area contributed by atoms with E-state index in [2.05, 4.69) is 243 Å². The summed E-state index contributed by atoms with van der Waals surface area (Å²) >= 11 is 0. The zero-order valence-corrected chi connectivity index (χ0v) is 41.0. The molecule has 0 N–H and O–H groups in total. The fraction of sp³-hybridized carbons (Fsp3) is 0.238. The molecule has 1 unspecified atom stereocenters. The highest BCUT2D eigenvalue weighted by Gasteiger charge is 2.30.